The number of thioether (sulfide) groups is 1. The first-order valence-corrected chi connectivity index (χ1v) is 16.3. The maximum Gasteiger partial charge on any atom is 0.203 e. The third-order valence-electron chi connectivity index (χ3n) is 6.96. The van der Waals surface area contributed by atoms with Crippen LogP contribution in [0.5, 0.6) is 34.5 Å². The number of rotatable bonds is 14. The maximum atomic E-state index is 13.4. The van der Waals surface area contributed by atoms with E-state index in [4.69, 9.17) is 28.4 Å². The first kappa shape index (κ1) is 31.7. The Hall–Kier alpha value is -3.28. The molecule has 1 saturated heterocycles. The smallest absolute Gasteiger partial charge is 0.203 e. The molecule has 3 aromatic carbocycles. The van der Waals surface area contributed by atoms with Crippen LogP contribution < -0.4 is 23.7 Å². The number of aromatic hydroxyl groups is 1. The summed E-state index contributed by atoms with van der Waals surface area (Å²) in [4.78, 5) is 1.07. The van der Waals surface area contributed by atoms with Crippen molar-refractivity contribution < 1.29 is 41.9 Å². The van der Waals surface area contributed by atoms with E-state index < -0.39 is 9.84 Å². The number of benzene rings is 3. The lowest BCUT2D eigenvalue weighted by atomic mass is 10.0. The molecule has 11 heteroatoms. The van der Waals surface area contributed by atoms with E-state index in [1.165, 1.54) is 7.11 Å². The van der Waals surface area contributed by atoms with Crippen LogP contribution in [0.15, 0.2) is 58.3 Å². The van der Waals surface area contributed by atoms with Gasteiger partial charge < -0.3 is 33.5 Å². The van der Waals surface area contributed by atoms with Crippen molar-refractivity contribution in [1.29, 1.82) is 0 Å². The molecule has 0 radical (unpaired) electrons. The molecule has 0 amide bonds. The van der Waals surface area contributed by atoms with Crippen molar-refractivity contribution >= 4 is 21.6 Å². The number of phenolic OH excluding ortho intramolecular Hbond substituents is 1. The zero-order valence-corrected chi connectivity index (χ0v) is 26.2. The van der Waals surface area contributed by atoms with Crippen LogP contribution in [0.4, 0.5) is 0 Å². The molecule has 228 valence electrons. The predicted molar refractivity (Wildman–Crippen MR) is 162 cm³/mol. The fourth-order valence-electron chi connectivity index (χ4n) is 4.95. The Bertz CT molecular complexity index is 1430. The topological polar surface area (TPSA) is 110 Å². The summed E-state index contributed by atoms with van der Waals surface area (Å²) in [5.74, 6) is 2.90. The van der Waals surface area contributed by atoms with Crippen LogP contribution in [0, 0.1) is 0 Å². The second kappa shape index (κ2) is 14.3. The molecular formula is C31H38O9S2. The lowest BCUT2D eigenvalue weighted by molar-refractivity contribution is 0.0435. The quantitative estimate of drug-likeness (QED) is 0.162. The van der Waals surface area contributed by atoms with E-state index in [2.05, 4.69) is 0 Å². The van der Waals surface area contributed by atoms with Gasteiger partial charge in [-0.05, 0) is 78.9 Å². The Labute approximate surface area is 252 Å². The minimum absolute atomic E-state index is 0.0161. The maximum absolute atomic E-state index is 13.4. The van der Waals surface area contributed by atoms with Crippen LogP contribution in [0.2, 0.25) is 0 Å². The zero-order valence-electron chi connectivity index (χ0n) is 24.5. The Balaban J connectivity index is 1.59. The van der Waals surface area contributed by atoms with Crippen LogP contribution in [0.3, 0.4) is 0 Å². The van der Waals surface area contributed by atoms with E-state index in [1.807, 2.05) is 31.2 Å². The van der Waals surface area contributed by atoms with Crippen molar-refractivity contribution in [1.82, 2.24) is 0 Å². The van der Waals surface area contributed by atoms with Gasteiger partial charge in [0.05, 0.1) is 53.0 Å². The van der Waals surface area contributed by atoms with Gasteiger partial charge in [-0.2, -0.15) is 0 Å². The van der Waals surface area contributed by atoms with Crippen molar-refractivity contribution in [3.05, 3.63) is 59.7 Å². The summed E-state index contributed by atoms with van der Waals surface area (Å²) in [5.41, 5.74) is 1.59. The highest BCUT2D eigenvalue weighted by molar-refractivity contribution is 7.99. The van der Waals surface area contributed by atoms with Gasteiger partial charge in [-0.1, -0.05) is 6.92 Å². The Morgan fingerprint density at radius 2 is 1.38 bits per heavy atom. The number of hydrogen-bond acceptors (Lipinski definition) is 10. The van der Waals surface area contributed by atoms with Gasteiger partial charge in [-0.15, -0.1) is 11.8 Å². The third kappa shape index (κ3) is 7.19. The van der Waals surface area contributed by atoms with Gasteiger partial charge in [0.1, 0.15) is 10.6 Å². The molecule has 1 aliphatic rings. The average Bonchev–Trinajstić information content (AvgIpc) is 3.49. The highest BCUT2D eigenvalue weighted by Crippen LogP contribution is 2.48. The van der Waals surface area contributed by atoms with Gasteiger partial charge in [0, 0.05) is 10.6 Å². The fraction of sp³-hybridized carbons (Fsp3) is 0.419. The first-order chi connectivity index (χ1) is 20.2. The Kier molecular flexibility index (Phi) is 10.7. The summed E-state index contributed by atoms with van der Waals surface area (Å²) in [6.07, 6.45) is 1.26. The minimum Gasteiger partial charge on any atom is -0.508 e. The van der Waals surface area contributed by atoms with Crippen LogP contribution >= 0.6 is 11.8 Å². The minimum atomic E-state index is -3.65. The molecule has 0 saturated carbocycles. The summed E-state index contributed by atoms with van der Waals surface area (Å²) in [7, 11) is 2.54. The number of hydrogen-bond donors (Lipinski definition) is 1. The Morgan fingerprint density at radius 1 is 0.833 bits per heavy atom. The van der Waals surface area contributed by atoms with Crippen LogP contribution in [-0.2, 0) is 14.6 Å². The summed E-state index contributed by atoms with van der Waals surface area (Å²) in [6, 6.07) is 14.1. The molecule has 1 aliphatic heterocycles. The normalized spacial score (nSPS) is 16.7. The zero-order chi connectivity index (χ0) is 30.3. The molecule has 0 bridgehead atoms. The molecule has 1 N–H and O–H groups in total. The molecule has 0 spiro atoms. The molecule has 9 nitrogen and oxygen atoms in total. The van der Waals surface area contributed by atoms with Crippen molar-refractivity contribution in [3.8, 4) is 34.5 Å². The van der Waals surface area contributed by atoms with Gasteiger partial charge in [-0.25, -0.2) is 8.42 Å². The summed E-state index contributed by atoms with van der Waals surface area (Å²) >= 11 is 1.54. The van der Waals surface area contributed by atoms with Gasteiger partial charge in [0.2, 0.25) is 5.75 Å². The monoisotopic (exact) mass is 618 g/mol. The molecule has 0 unspecified atom stereocenters. The van der Waals surface area contributed by atoms with E-state index in [-0.39, 0.29) is 41.0 Å². The van der Waals surface area contributed by atoms with Crippen LogP contribution in [-0.4, -0.2) is 60.1 Å². The van der Waals surface area contributed by atoms with Gasteiger partial charge in [-0.3, -0.25) is 0 Å². The van der Waals surface area contributed by atoms with E-state index in [1.54, 1.807) is 57.4 Å². The molecule has 1 heterocycles. The highest BCUT2D eigenvalue weighted by Gasteiger charge is 2.32. The van der Waals surface area contributed by atoms with Crippen molar-refractivity contribution in [2.24, 2.45) is 0 Å². The molecular weight excluding hydrogens is 580 g/mol. The molecule has 3 aromatic rings. The predicted octanol–water partition coefficient (Wildman–Crippen LogP) is 6.37. The van der Waals surface area contributed by atoms with Crippen molar-refractivity contribution in [2.75, 3.05) is 46.6 Å². The summed E-state index contributed by atoms with van der Waals surface area (Å²) < 4.78 is 61.5. The van der Waals surface area contributed by atoms with Gasteiger partial charge >= 0.3 is 0 Å². The highest BCUT2D eigenvalue weighted by atomic mass is 32.2. The lowest BCUT2D eigenvalue weighted by Crippen LogP contribution is -2.12. The average molecular weight is 619 g/mol. The molecule has 42 heavy (non-hydrogen) atoms. The molecule has 1 fully saturated rings. The largest absolute Gasteiger partial charge is 0.508 e. The van der Waals surface area contributed by atoms with Crippen LogP contribution in [0.25, 0.3) is 0 Å². The molecule has 4 rings (SSSR count). The number of phenols is 1. The molecule has 0 aromatic heterocycles. The Morgan fingerprint density at radius 3 is 1.90 bits per heavy atom. The van der Waals surface area contributed by atoms with E-state index >= 15 is 0 Å². The SMILES string of the molecule is CCCS(=O)(=O)c1cc([C@H]2CC[C@H](c3cc(OC)c(OC)c(OC)c3)O2)cc(OC)c1OCCSc1ccc(O)cc1. The van der Waals surface area contributed by atoms with E-state index in [0.717, 1.165) is 16.9 Å². The van der Waals surface area contributed by atoms with Crippen LogP contribution in [0.1, 0.15) is 49.5 Å². The van der Waals surface area contributed by atoms with Crippen molar-refractivity contribution in [3.63, 3.8) is 0 Å². The van der Waals surface area contributed by atoms with E-state index in [0.29, 0.717) is 47.2 Å². The summed E-state index contributed by atoms with van der Waals surface area (Å²) in [5, 5.41) is 9.49. The third-order valence-corrected chi connectivity index (χ3v) is 9.85. The standard InChI is InChI=1S/C31H38O9S2/c1-6-15-42(33,34)29-19-21(18-28(37-4)31(29)39-13-14-41-23-9-7-22(32)8-10-23)25-12-11-24(40-25)20-16-26(35-2)30(38-5)27(17-20)36-3/h7-10,16-19,24-25,32H,6,11-15H2,1-5H3/t24-,25-/m1/s1. The lowest BCUT2D eigenvalue weighted by Gasteiger charge is -2.21. The number of sulfone groups is 1. The number of ether oxygens (including phenoxy) is 6. The first-order valence-electron chi connectivity index (χ1n) is 13.7. The van der Waals surface area contributed by atoms with Crippen molar-refractivity contribution in [2.45, 2.75) is 48.2 Å². The second-order valence-electron chi connectivity index (χ2n) is 9.71. The van der Waals surface area contributed by atoms with Gasteiger partial charge in [0.25, 0.3) is 0 Å². The second-order valence-corrected chi connectivity index (χ2v) is 13.0. The fourth-order valence-corrected chi connectivity index (χ4v) is 7.19. The van der Waals surface area contributed by atoms with E-state index in [9.17, 15) is 13.5 Å². The molecule has 2 atom stereocenters. The molecule has 0 aliphatic carbocycles. The van der Waals surface area contributed by atoms with Gasteiger partial charge in [0.15, 0.2) is 32.8 Å². The summed E-state index contributed by atoms with van der Waals surface area (Å²) in [6.45, 7) is 2.09. The number of methoxy groups -OCH3 is 4.